The maximum Gasteiger partial charge on any atom is 0.206 e. The van der Waals surface area contributed by atoms with Gasteiger partial charge in [0.05, 0.1) is 9.79 Å². The molecular formula is C28H28O2S. The van der Waals surface area contributed by atoms with Gasteiger partial charge in [0.1, 0.15) is 0 Å². The molecule has 158 valence electrons. The Morgan fingerprint density at radius 1 is 0.677 bits per heavy atom. The van der Waals surface area contributed by atoms with E-state index in [0.29, 0.717) is 9.79 Å². The van der Waals surface area contributed by atoms with Crippen molar-refractivity contribution in [3.63, 3.8) is 0 Å². The highest BCUT2D eigenvalue weighted by molar-refractivity contribution is 7.91. The van der Waals surface area contributed by atoms with Crippen molar-refractivity contribution >= 4 is 15.4 Å². The topological polar surface area (TPSA) is 34.1 Å². The zero-order valence-corrected chi connectivity index (χ0v) is 19.3. The van der Waals surface area contributed by atoms with Crippen LogP contribution >= 0.6 is 0 Å². The molecule has 0 amide bonds. The number of sulfone groups is 1. The summed E-state index contributed by atoms with van der Waals surface area (Å²) >= 11 is 0. The molecule has 3 aromatic rings. The van der Waals surface area contributed by atoms with Gasteiger partial charge in [-0.2, -0.15) is 0 Å². The molecule has 3 heteroatoms. The van der Waals surface area contributed by atoms with E-state index in [1.54, 1.807) is 24.3 Å². The van der Waals surface area contributed by atoms with E-state index < -0.39 is 9.84 Å². The molecule has 0 aliphatic rings. The molecule has 2 nitrogen and oxygen atoms in total. The molecule has 0 aliphatic heterocycles. The molecule has 31 heavy (non-hydrogen) atoms. The van der Waals surface area contributed by atoms with Crippen LogP contribution in [0.2, 0.25) is 0 Å². The maximum absolute atomic E-state index is 13.0. The van der Waals surface area contributed by atoms with Crippen molar-refractivity contribution in [2.75, 3.05) is 0 Å². The van der Waals surface area contributed by atoms with E-state index in [2.05, 4.69) is 31.1 Å². The molecule has 0 radical (unpaired) electrons. The summed E-state index contributed by atoms with van der Waals surface area (Å²) in [6, 6.07) is 22.3. The summed E-state index contributed by atoms with van der Waals surface area (Å²) in [5, 5.41) is 0. The highest BCUT2D eigenvalue weighted by Crippen LogP contribution is 2.26. The molecule has 0 unspecified atom stereocenters. The quantitative estimate of drug-likeness (QED) is 0.320. The van der Waals surface area contributed by atoms with Crippen LogP contribution in [0.4, 0.5) is 0 Å². The van der Waals surface area contributed by atoms with E-state index in [4.69, 9.17) is 0 Å². The minimum absolute atomic E-state index is 0.304. The number of rotatable bonds is 5. The maximum atomic E-state index is 13.0. The monoisotopic (exact) mass is 428 g/mol. The van der Waals surface area contributed by atoms with Gasteiger partial charge >= 0.3 is 0 Å². The molecule has 0 fully saturated rings. The summed E-state index contributed by atoms with van der Waals surface area (Å²) < 4.78 is 26.0. The Morgan fingerprint density at radius 2 is 1.10 bits per heavy atom. The summed E-state index contributed by atoms with van der Waals surface area (Å²) in [6.45, 7) is 8.16. The molecule has 0 saturated heterocycles. The van der Waals surface area contributed by atoms with Crippen LogP contribution in [-0.4, -0.2) is 8.42 Å². The molecule has 0 spiro atoms. The van der Waals surface area contributed by atoms with Gasteiger partial charge in [0.2, 0.25) is 9.84 Å². The van der Waals surface area contributed by atoms with Gasteiger partial charge in [0.25, 0.3) is 0 Å². The van der Waals surface area contributed by atoms with Crippen molar-refractivity contribution in [1.29, 1.82) is 0 Å². The van der Waals surface area contributed by atoms with E-state index in [9.17, 15) is 8.42 Å². The van der Waals surface area contributed by atoms with Crippen LogP contribution in [0.15, 0.2) is 100 Å². The lowest BCUT2D eigenvalue weighted by atomic mass is 10.0. The fraction of sp³-hybridized carbons (Fsp3) is 0.143. The first-order chi connectivity index (χ1) is 14.8. The van der Waals surface area contributed by atoms with Crippen LogP contribution < -0.4 is 0 Å². The Balaban J connectivity index is 0.00000166. The van der Waals surface area contributed by atoms with Gasteiger partial charge in [0.15, 0.2) is 0 Å². The van der Waals surface area contributed by atoms with Crippen LogP contribution in [-0.2, 0) is 9.84 Å². The second kappa shape index (κ2) is 10.6. The zero-order chi connectivity index (χ0) is 23.0. The van der Waals surface area contributed by atoms with E-state index in [-0.39, 0.29) is 0 Å². The minimum Gasteiger partial charge on any atom is -0.219 e. The van der Waals surface area contributed by atoms with E-state index in [1.807, 2.05) is 70.2 Å². The summed E-state index contributed by atoms with van der Waals surface area (Å²) in [5.41, 5.74) is 6.59. The molecule has 3 rings (SSSR count). The van der Waals surface area contributed by atoms with Gasteiger partial charge in [-0.05, 0) is 74.2 Å². The third-order valence-corrected chi connectivity index (χ3v) is 6.62. The van der Waals surface area contributed by atoms with Crippen molar-refractivity contribution in [3.05, 3.63) is 102 Å². The molecule has 0 saturated carbocycles. The Bertz CT molecular complexity index is 1190. The zero-order valence-electron chi connectivity index (χ0n) is 18.5. The fourth-order valence-corrected chi connectivity index (χ4v) is 4.25. The third-order valence-electron chi connectivity index (χ3n) is 4.84. The van der Waals surface area contributed by atoms with Gasteiger partial charge in [-0.15, -0.1) is 12.8 Å². The van der Waals surface area contributed by atoms with Gasteiger partial charge in [-0.25, -0.2) is 8.42 Å². The molecule has 3 aromatic carbocycles. The van der Waals surface area contributed by atoms with Crippen LogP contribution in [0.5, 0.6) is 0 Å². The van der Waals surface area contributed by atoms with Crippen LogP contribution in [0.3, 0.4) is 0 Å². The van der Waals surface area contributed by atoms with Crippen LogP contribution in [0.1, 0.15) is 31.9 Å². The molecule has 0 bridgehead atoms. The van der Waals surface area contributed by atoms with Gasteiger partial charge < -0.3 is 0 Å². The molecule has 0 N–H and O–H groups in total. The summed E-state index contributed by atoms with van der Waals surface area (Å²) in [4.78, 5) is 0.609. The lowest BCUT2D eigenvalue weighted by molar-refractivity contribution is 0.596. The highest BCUT2D eigenvalue weighted by Gasteiger charge is 2.17. The van der Waals surface area contributed by atoms with E-state index in [0.717, 1.165) is 22.3 Å². The molecular weight excluding hydrogens is 400 g/mol. The molecule has 0 atom stereocenters. The van der Waals surface area contributed by atoms with E-state index in [1.165, 1.54) is 11.1 Å². The third kappa shape index (κ3) is 6.07. The van der Waals surface area contributed by atoms with Crippen LogP contribution in [0.25, 0.3) is 16.7 Å². The number of allylic oxidation sites excluding steroid dienone is 4. The standard InChI is InChI=1S/C26H26O2S.C2H2/c1-19(2)5-8-21(4)22-11-15-25(16-12-22)29(27,28)26-17-13-24(14-18-26)23-9-6-20(3)7-10-23;1-2/h5-18H,1-4H3;1-2H/b21-8+;. The van der Waals surface area contributed by atoms with Crippen molar-refractivity contribution in [2.45, 2.75) is 37.5 Å². The first-order valence-corrected chi connectivity index (χ1v) is 11.4. The van der Waals surface area contributed by atoms with Gasteiger partial charge in [-0.3, -0.25) is 0 Å². The van der Waals surface area contributed by atoms with Crippen molar-refractivity contribution < 1.29 is 8.42 Å². The largest absolute Gasteiger partial charge is 0.219 e. The normalized spacial score (nSPS) is 11.2. The van der Waals surface area contributed by atoms with Crippen molar-refractivity contribution in [2.24, 2.45) is 0 Å². The highest BCUT2D eigenvalue weighted by atomic mass is 32.2. The fourth-order valence-electron chi connectivity index (χ4n) is 2.99. The second-order valence-electron chi connectivity index (χ2n) is 7.51. The molecule has 0 aromatic heterocycles. The Morgan fingerprint density at radius 3 is 1.55 bits per heavy atom. The number of aryl methyl sites for hydroxylation is 1. The number of terminal acetylenes is 1. The lowest BCUT2D eigenvalue weighted by Gasteiger charge is -2.08. The Hall–Kier alpha value is -3.35. The Kier molecular flexibility index (Phi) is 8.19. The van der Waals surface area contributed by atoms with Crippen LogP contribution in [0, 0.1) is 19.8 Å². The van der Waals surface area contributed by atoms with Gasteiger partial charge in [-0.1, -0.05) is 71.8 Å². The predicted octanol–water partition coefficient (Wildman–Crippen LogP) is 7.11. The second-order valence-corrected chi connectivity index (χ2v) is 9.46. The van der Waals surface area contributed by atoms with Gasteiger partial charge in [0, 0.05) is 0 Å². The SMILES string of the molecule is C#C.CC(C)=C/C=C(\C)c1ccc(S(=O)(=O)c2ccc(-c3ccc(C)cc3)cc2)cc1. The average Bonchev–Trinajstić information content (AvgIpc) is 2.79. The first-order valence-electron chi connectivity index (χ1n) is 9.95. The summed E-state index contributed by atoms with van der Waals surface area (Å²) in [5.74, 6) is 0. The molecule has 0 aliphatic carbocycles. The first kappa shape index (κ1) is 23.9. The Labute approximate surface area is 186 Å². The summed E-state index contributed by atoms with van der Waals surface area (Å²) in [6.07, 6.45) is 12.1. The lowest BCUT2D eigenvalue weighted by Crippen LogP contribution is -2.02. The smallest absolute Gasteiger partial charge is 0.206 e. The van der Waals surface area contributed by atoms with Crippen molar-refractivity contribution in [3.8, 4) is 24.0 Å². The number of hydrogen-bond donors (Lipinski definition) is 0. The van der Waals surface area contributed by atoms with E-state index >= 15 is 0 Å². The minimum atomic E-state index is -3.54. The number of hydrogen-bond acceptors (Lipinski definition) is 2. The average molecular weight is 429 g/mol. The molecule has 0 heterocycles. The number of benzene rings is 3. The summed E-state index contributed by atoms with van der Waals surface area (Å²) in [7, 11) is -3.54. The van der Waals surface area contributed by atoms with Crippen molar-refractivity contribution in [1.82, 2.24) is 0 Å². The predicted molar refractivity (Wildman–Crippen MR) is 131 cm³/mol.